The smallest absolute Gasteiger partial charge is 0.314 e. The van der Waals surface area contributed by atoms with Crippen molar-refractivity contribution in [3.05, 3.63) is 34.4 Å². The monoisotopic (exact) mass is 408 g/mol. The largest absolute Gasteiger partial charge is 0.462 e. The highest BCUT2D eigenvalue weighted by molar-refractivity contribution is 5.96. The molecule has 0 amide bonds. The van der Waals surface area contributed by atoms with E-state index >= 15 is 0 Å². The molecule has 4 heteroatoms. The number of ketones is 2. The molecule has 0 saturated heterocycles. The lowest BCUT2D eigenvalue weighted by molar-refractivity contribution is -0.151. The van der Waals surface area contributed by atoms with Crippen molar-refractivity contribution in [3.63, 3.8) is 0 Å². The Bertz CT molecular complexity index is 964. The van der Waals surface area contributed by atoms with Gasteiger partial charge in [0.25, 0.3) is 0 Å². The number of carbonyl (C=O) groups excluding carboxylic acids is 3. The molecule has 5 aliphatic carbocycles. The maximum absolute atomic E-state index is 13.3. The quantitative estimate of drug-likeness (QED) is 0.601. The fourth-order valence-electron chi connectivity index (χ4n) is 7.33. The lowest BCUT2D eigenvalue weighted by Gasteiger charge is -2.52. The van der Waals surface area contributed by atoms with Crippen LogP contribution in [0.1, 0.15) is 79.1 Å². The normalized spacial score (nSPS) is 39.8. The Hall–Kier alpha value is -1.97. The molecule has 0 aromatic heterocycles. The number of esters is 1. The van der Waals surface area contributed by atoms with E-state index in [1.807, 2.05) is 13.8 Å². The van der Waals surface area contributed by atoms with Crippen LogP contribution in [-0.2, 0) is 19.1 Å². The van der Waals surface area contributed by atoms with E-state index < -0.39 is 11.3 Å². The first-order valence-corrected chi connectivity index (χ1v) is 11.5. The van der Waals surface area contributed by atoms with Crippen molar-refractivity contribution in [1.82, 2.24) is 0 Å². The Morgan fingerprint density at radius 3 is 2.60 bits per heavy atom. The molecule has 1 fully saturated rings. The molecule has 0 aromatic rings. The van der Waals surface area contributed by atoms with E-state index in [0.29, 0.717) is 25.0 Å². The van der Waals surface area contributed by atoms with Gasteiger partial charge in [0.05, 0.1) is 17.4 Å². The fourth-order valence-corrected chi connectivity index (χ4v) is 7.33. The maximum Gasteiger partial charge on any atom is 0.314 e. The molecule has 5 rings (SSSR count). The summed E-state index contributed by atoms with van der Waals surface area (Å²) in [5.41, 5.74) is 3.98. The highest BCUT2D eigenvalue weighted by atomic mass is 16.5. The first-order chi connectivity index (χ1) is 14.1. The van der Waals surface area contributed by atoms with Crippen LogP contribution < -0.4 is 0 Å². The molecule has 1 unspecified atom stereocenters. The number of allylic oxidation sites excluding steroid dienone is 5. The second-order valence-electron chi connectivity index (χ2n) is 10.8. The Kier molecular flexibility index (Phi) is 4.17. The summed E-state index contributed by atoms with van der Waals surface area (Å²) in [6, 6.07) is 0. The molecular weight excluding hydrogens is 376 g/mol. The van der Waals surface area contributed by atoms with Crippen molar-refractivity contribution in [2.24, 2.45) is 22.2 Å². The molecule has 30 heavy (non-hydrogen) atoms. The Balaban J connectivity index is 1.71. The molecule has 5 aliphatic rings. The molecule has 1 spiro atoms. The first-order valence-electron chi connectivity index (χ1n) is 11.5. The van der Waals surface area contributed by atoms with E-state index in [9.17, 15) is 14.4 Å². The molecule has 0 radical (unpaired) electrons. The SMILES string of the molecule is CC(C)OC(=O)[C@@H]1CC2=CC(=O)CCC2(C)C2=C1C1=CC[C@@]3(C)CCC(=O)[C@@]13CC2. The molecule has 1 saturated carbocycles. The molecular formula is C26H32O4. The number of hydrogen-bond donors (Lipinski definition) is 0. The van der Waals surface area contributed by atoms with Crippen LogP contribution in [0.3, 0.4) is 0 Å². The third-order valence-electron chi connectivity index (χ3n) is 8.98. The maximum atomic E-state index is 13.3. The van der Waals surface area contributed by atoms with Crippen LogP contribution in [0.25, 0.3) is 0 Å². The zero-order chi connectivity index (χ0) is 21.5. The van der Waals surface area contributed by atoms with Gasteiger partial charge in [0.1, 0.15) is 5.78 Å². The predicted octanol–water partition coefficient (Wildman–Crippen LogP) is 5.03. The molecule has 0 bridgehead atoms. The van der Waals surface area contributed by atoms with E-state index in [0.717, 1.165) is 48.8 Å². The van der Waals surface area contributed by atoms with Crippen LogP contribution in [0, 0.1) is 22.2 Å². The fraction of sp³-hybridized carbons (Fsp3) is 0.654. The minimum atomic E-state index is -0.426. The van der Waals surface area contributed by atoms with Crippen LogP contribution >= 0.6 is 0 Å². The van der Waals surface area contributed by atoms with Gasteiger partial charge in [-0.05, 0) is 75.0 Å². The van der Waals surface area contributed by atoms with Crippen LogP contribution in [0.5, 0.6) is 0 Å². The van der Waals surface area contributed by atoms with Crippen molar-refractivity contribution in [2.75, 3.05) is 0 Å². The number of carbonyl (C=O) groups is 3. The van der Waals surface area contributed by atoms with Crippen LogP contribution in [-0.4, -0.2) is 23.6 Å². The summed E-state index contributed by atoms with van der Waals surface area (Å²) in [6.45, 7) is 8.26. The third kappa shape index (κ3) is 2.37. The highest BCUT2D eigenvalue weighted by Crippen LogP contribution is 2.70. The summed E-state index contributed by atoms with van der Waals surface area (Å²) in [4.78, 5) is 38.8. The molecule has 4 nitrogen and oxygen atoms in total. The van der Waals surface area contributed by atoms with Crippen LogP contribution in [0.15, 0.2) is 34.4 Å². The molecule has 0 N–H and O–H groups in total. The van der Waals surface area contributed by atoms with Gasteiger partial charge in [0, 0.05) is 18.3 Å². The molecule has 4 atom stereocenters. The molecule has 0 heterocycles. The topological polar surface area (TPSA) is 60.4 Å². The summed E-state index contributed by atoms with van der Waals surface area (Å²) in [7, 11) is 0. The van der Waals surface area contributed by atoms with Gasteiger partial charge >= 0.3 is 5.97 Å². The number of Topliss-reactive ketones (excluding diaryl/α,β-unsaturated/α-hetero) is 1. The summed E-state index contributed by atoms with van der Waals surface area (Å²) in [6.07, 6.45) is 9.93. The minimum absolute atomic E-state index is 0.0238. The molecule has 0 aromatic carbocycles. The first kappa shape index (κ1) is 20.0. The van der Waals surface area contributed by atoms with E-state index in [-0.39, 0.29) is 28.7 Å². The second-order valence-corrected chi connectivity index (χ2v) is 10.8. The van der Waals surface area contributed by atoms with Gasteiger partial charge < -0.3 is 4.74 Å². The van der Waals surface area contributed by atoms with Crippen molar-refractivity contribution >= 4 is 17.5 Å². The third-order valence-corrected chi connectivity index (χ3v) is 8.98. The Morgan fingerprint density at radius 1 is 1.10 bits per heavy atom. The van der Waals surface area contributed by atoms with Gasteiger partial charge in [0.15, 0.2) is 5.78 Å². The highest BCUT2D eigenvalue weighted by Gasteiger charge is 2.65. The van der Waals surface area contributed by atoms with Crippen molar-refractivity contribution in [2.45, 2.75) is 85.2 Å². The zero-order valence-corrected chi connectivity index (χ0v) is 18.6. The summed E-state index contributed by atoms with van der Waals surface area (Å²) in [5.74, 6) is -0.0997. The average Bonchev–Trinajstić information content (AvgIpc) is 3.11. The van der Waals surface area contributed by atoms with Gasteiger partial charge in [-0.2, -0.15) is 0 Å². The summed E-state index contributed by atoms with van der Waals surface area (Å²) >= 11 is 0. The van der Waals surface area contributed by atoms with Gasteiger partial charge in [0.2, 0.25) is 0 Å². The van der Waals surface area contributed by atoms with E-state index in [2.05, 4.69) is 19.9 Å². The van der Waals surface area contributed by atoms with Crippen LogP contribution in [0.2, 0.25) is 0 Å². The Morgan fingerprint density at radius 2 is 1.87 bits per heavy atom. The zero-order valence-electron chi connectivity index (χ0n) is 18.6. The van der Waals surface area contributed by atoms with E-state index in [1.165, 1.54) is 5.57 Å². The van der Waals surface area contributed by atoms with E-state index in [4.69, 9.17) is 4.74 Å². The average molecular weight is 409 g/mol. The second kappa shape index (κ2) is 6.27. The number of fused-ring (bicyclic) bond motifs is 3. The predicted molar refractivity (Wildman–Crippen MR) is 114 cm³/mol. The molecule has 0 aliphatic heterocycles. The molecule has 160 valence electrons. The Labute approximate surface area is 178 Å². The van der Waals surface area contributed by atoms with Gasteiger partial charge in [-0.3, -0.25) is 14.4 Å². The lowest BCUT2D eigenvalue weighted by atomic mass is 9.50. The summed E-state index contributed by atoms with van der Waals surface area (Å²) < 4.78 is 5.69. The standard InChI is InChI=1S/C26H32O4/c1-15(2)30-23(29)18-14-16-13-17(27)5-11-25(16,4)19-7-12-26-20(22(18)19)6-9-24(26,3)10-8-21(26)28/h6,13,15,18H,5,7-12,14H2,1-4H3/t18-,24+,25?,26-/m1/s1. The van der Waals surface area contributed by atoms with Gasteiger partial charge in [-0.1, -0.05) is 31.1 Å². The van der Waals surface area contributed by atoms with Crippen molar-refractivity contribution < 1.29 is 19.1 Å². The minimum Gasteiger partial charge on any atom is -0.462 e. The lowest BCUT2D eigenvalue weighted by Crippen LogP contribution is -2.47. The number of ether oxygens (including phenoxy) is 1. The number of hydrogen-bond acceptors (Lipinski definition) is 4. The van der Waals surface area contributed by atoms with Crippen molar-refractivity contribution in [1.29, 1.82) is 0 Å². The van der Waals surface area contributed by atoms with Gasteiger partial charge in [-0.15, -0.1) is 0 Å². The summed E-state index contributed by atoms with van der Waals surface area (Å²) in [5, 5.41) is 0. The van der Waals surface area contributed by atoms with Gasteiger partial charge in [-0.25, -0.2) is 0 Å². The number of rotatable bonds is 2. The van der Waals surface area contributed by atoms with Crippen LogP contribution in [0.4, 0.5) is 0 Å². The van der Waals surface area contributed by atoms with E-state index in [1.54, 1.807) is 6.08 Å². The van der Waals surface area contributed by atoms with Crippen molar-refractivity contribution in [3.8, 4) is 0 Å².